The summed E-state index contributed by atoms with van der Waals surface area (Å²) in [5.74, 6) is -0.473. The van der Waals surface area contributed by atoms with Gasteiger partial charge in [0.25, 0.3) is 0 Å². The first-order chi connectivity index (χ1) is 5.77. The Morgan fingerprint density at radius 2 is 2.33 bits per heavy atom. The van der Waals surface area contributed by atoms with E-state index in [1.165, 1.54) is 12.1 Å². The predicted octanol–water partition coefficient (Wildman–Crippen LogP) is 2.13. The van der Waals surface area contributed by atoms with Crippen molar-refractivity contribution >= 4 is 5.69 Å². The predicted molar refractivity (Wildman–Crippen MR) is 45.3 cm³/mol. The van der Waals surface area contributed by atoms with Crippen LogP contribution in [0, 0.1) is 17.1 Å². The minimum Gasteiger partial charge on any atom is -0.385 e. The molecule has 1 aromatic rings. The molecule has 0 fully saturated rings. The molecule has 1 aromatic carbocycles. The Morgan fingerprint density at radius 1 is 1.58 bits per heavy atom. The topological polar surface area (TPSA) is 35.8 Å². The second-order valence-electron chi connectivity index (χ2n) is 2.34. The van der Waals surface area contributed by atoms with Crippen LogP contribution < -0.4 is 5.32 Å². The number of nitriles is 1. The molecule has 2 nitrogen and oxygen atoms in total. The van der Waals surface area contributed by atoms with Gasteiger partial charge in [-0.1, -0.05) is 0 Å². The molecule has 0 aliphatic carbocycles. The Bertz CT molecular complexity index is 315. The van der Waals surface area contributed by atoms with Gasteiger partial charge < -0.3 is 5.32 Å². The summed E-state index contributed by atoms with van der Waals surface area (Å²) in [5.41, 5.74) is 0.851. The Labute approximate surface area is 70.6 Å². The molecule has 0 radical (unpaired) electrons. The molecule has 0 saturated carbocycles. The summed E-state index contributed by atoms with van der Waals surface area (Å²) in [7, 11) is 0. The van der Waals surface area contributed by atoms with E-state index >= 15 is 0 Å². The van der Waals surface area contributed by atoms with Crippen LogP contribution in [0.3, 0.4) is 0 Å². The van der Waals surface area contributed by atoms with Crippen molar-refractivity contribution < 1.29 is 4.39 Å². The van der Waals surface area contributed by atoms with Crippen molar-refractivity contribution in [3.8, 4) is 6.07 Å². The smallest absolute Gasteiger partial charge is 0.141 e. The number of benzene rings is 1. The molecular formula is C9H9FN2. The van der Waals surface area contributed by atoms with E-state index < -0.39 is 5.82 Å². The third kappa shape index (κ3) is 1.73. The number of halogens is 1. The highest BCUT2D eigenvalue weighted by molar-refractivity contribution is 5.49. The van der Waals surface area contributed by atoms with Gasteiger partial charge in [-0.25, -0.2) is 4.39 Å². The van der Waals surface area contributed by atoms with E-state index in [0.717, 1.165) is 12.2 Å². The molecule has 3 heteroatoms. The highest BCUT2D eigenvalue weighted by atomic mass is 19.1. The van der Waals surface area contributed by atoms with E-state index in [-0.39, 0.29) is 5.56 Å². The molecule has 62 valence electrons. The summed E-state index contributed by atoms with van der Waals surface area (Å²) in [6, 6.07) is 6.18. The van der Waals surface area contributed by atoms with Gasteiger partial charge in [0, 0.05) is 12.2 Å². The van der Waals surface area contributed by atoms with Crippen molar-refractivity contribution in [3.63, 3.8) is 0 Å². The molecule has 1 N–H and O–H groups in total. The second kappa shape index (κ2) is 3.72. The molecule has 0 aliphatic heterocycles. The van der Waals surface area contributed by atoms with Gasteiger partial charge in [0.2, 0.25) is 0 Å². The van der Waals surface area contributed by atoms with Crippen LogP contribution >= 0.6 is 0 Å². The second-order valence-corrected chi connectivity index (χ2v) is 2.34. The Hall–Kier alpha value is -1.56. The molecule has 0 amide bonds. The first kappa shape index (κ1) is 8.54. The van der Waals surface area contributed by atoms with Crippen LogP contribution in [0.5, 0.6) is 0 Å². The molecule has 0 spiro atoms. The van der Waals surface area contributed by atoms with E-state index in [9.17, 15) is 4.39 Å². The molecule has 0 atom stereocenters. The SMILES string of the molecule is CCNc1ccc(F)c(C#N)c1. The monoisotopic (exact) mass is 164 g/mol. The maximum absolute atomic E-state index is 12.8. The van der Waals surface area contributed by atoms with E-state index in [1.807, 2.05) is 6.92 Å². The summed E-state index contributed by atoms with van der Waals surface area (Å²) in [6.07, 6.45) is 0. The molecule has 0 aromatic heterocycles. The maximum atomic E-state index is 12.8. The molecule has 0 aliphatic rings. The number of anilines is 1. The largest absolute Gasteiger partial charge is 0.385 e. The Kier molecular flexibility index (Phi) is 2.65. The van der Waals surface area contributed by atoms with Crippen molar-refractivity contribution in [1.82, 2.24) is 0 Å². The average molecular weight is 164 g/mol. The fourth-order valence-corrected chi connectivity index (χ4v) is 0.925. The molecular weight excluding hydrogens is 155 g/mol. The van der Waals surface area contributed by atoms with E-state index in [2.05, 4.69) is 5.32 Å². The first-order valence-corrected chi connectivity index (χ1v) is 3.71. The number of hydrogen-bond acceptors (Lipinski definition) is 2. The molecule has 1 rings (SSSR count). The first-order valence-electron chi connectivity index (χ1n) is 3.71. The van der Waals surface area contributed by atoms with Crippen LogP contribution in [0.15, 0.2) is 18.2 Å². The van der Waals surface area contributed by atoms with Gasteiger partial charge in [-0.15, -0.1) is 0 Å². The third-order valence-corrected chi connectivity index (χ3v) is 1.47. The number of nitrogens with one attached hydrogen (secondary N) is 1. The zero-order valence-electron chi connectivity index (χ0n) is 6.76. The average Bonchev–Trinajstić information content (AvgIpc) is 2.09. The lowest BCUT2D eigenvalue weighted by molar-refractivity contribution is 0.624. The lowest BCUT2D eigenvalue weighted by Gasteiger charge is -2.02. The maximum Gasteiger partial charge on any atom is 0.141 e. The lowest BCUT2D eigenvalue weighted by Crippen LogP contribution is -1.97. The third-order valence-electron chi connectivity index (χ3n) is 1.47. The van der Waals surface area contributed by atoms with Crippen molar-refractivity contribution in [1.29, 1.82) is 5.26 Å². The normalized spacial score (nSPS) is 9.08. The lowest BCUT2D eigenvalue weighted by atomic mass is 10.2. The zero-order chi connectivity index (χ0) is 8.97. The summed E-state index contributed by atoms with van der Waals surface area (Å²) < 4.78 is 12.8. The van der Waals surface area contributed by atoms with Gasteiger partial charge in [0.15, 0.2) is 0 Å². The number of rotatable bonds is 2. The molecule has 0 unspecified atom stereocenters. The fraction of sp³-hybridized carbons (Fsp3) is 0.222. The minimum absolute atomic E-state index is 0.0773. The zero-order valence-corrected chi connectivity index (χ0v) is 6.76. The van der Waals surface area contributed by atoms with E-state index in [0.29, 0.717) is 0 Å². The van der Waals surface area contributed by atoms with Gasteiger partial charge in [-0.3, -0.25) is 0 Å². The molecule has 0 bridgehead atoms. The van der Waals surface area contributed by atoms with Crippen LogP contribution in [-0.2, 0) is 0 Å². The molecule has 0 saturated heterocycles. The summed E-state index contributed by atoms with van der Waals surface area (Å²) >= 11 is 0. The van der Waals surface area contributed by atoms with E-state index in [1.54, 1.807) is 12.1 Å². The summed E-state index contributed by atoms with van der Waals surface area (Å²) in [4.78, 5) is 0. The van der Waals surface area contributed by atoms with Crippen molar-refractivity contribution in [2.45, 2.75) is 6.92 Å². The Morgan fingerprint density at radius 3 is 2.92 bits per heavy atom. The van der Waals surface area contributed by atoms with Crippen molar-refractivity contribution in [2.75, 3.05) is 11.9 Å². The van der Waals surface area contributed by atoms with Crippen LogP contribution in [0.2, 0.25) is 0 Å². The summed E-state index contributed by atoms with van der Waals surface area (Å²) in [5, 5.41) is 11.5. The molecule has 0 heterocycles. The van der Waals surface area contributed by atoms with Crippen molar-refractivity contribution in [3.05, 3.63) is 29.6 Å². The van der Waals surface area contributed by atoms with Gasteiger partial charge >= 0.3 is 0 Å². The van der Waals surface area contributed by atoms with Crippen LogP contribution in [0.25, 0.3) is 0 Å². The molecule has 12 heavy (non-hydrogen) atoms. The highest BCUT2D eigenvalue weighted by Crippen LogP contribution is 2.13. The Balaban J connectivity index is 2.99. The van der Waals surface area contributed by atoms with Gasteiger partial charge in [0.05, 0.1) is 5.56 Å². The van der Waals surface area contributed by atoms with Crippen molar-refractivity contribution in [2.24, 2.45) is 0 Å². The van der Waals surface area contributed by atoms with Crippen LogP contribution in [0.1, 0.15) is 12.5 Å². The van der Waals surface area contributed by atoms with Gasteiger partial charge in [0.1, 0.15) is 11.9 Å². The van der Waals surface area contributed by atoms with Crippen LogP contribution in [-0.4, -0.2) is 6.54 Å². The van der Waals surface area contributed by atoms with Crippen LogP contribution in [0.4, 0.5) is 10.1 Å². The minimum atomic E-state index is -0.473. The fourth-order valence-electron chi connectivity index (χ4n) is 0.925. The highest BCUT2D eigenvalue weighted by Gasteiger charge is 2.00. The quantitative estimate of drug-likeness (QED) is 0.726. The summed E-state index contributed by atoms with van der Waals surface area (Å²) in [6.45, 7) is 2.70. The number of nitrogens with zero attached hydrogens (tertiary/aromatic N) is 1. The van der Waals surface area contributed by atoms with Gasteiger partial charge in [-0.05, 0) is 25.1 Å². The van der Waals surface area contributed by atoms with Gasteiger partial charge in [-0.2, -0.15) is 5.26 Å². The number of hydrogen-bond donors (Lipinski definition) is 1. The van der Waals surface area contributed by atoms with E-state index in [4.69, 9.17) is 5.26 Å². The standard InChI is InChI=1S/C9H9FN2/c1-2-12-8-3-4-9(10)7(5-8)6-11/h3-5,12H,2H2,1H3.